The Morgan fingerprint density at radius 3 is 2.26 bits per heavy atom. The van der Waals surface area contributed by atoms with Gasteiger partial charge in [0.15, 0.2) is 0 Å². The number of hydrogen-bond acceptors (Lipinski definition) is 6. The first-order valence-electron chi connectivity index (χ1n) is 11.4. The lowest BCUT2D eigenvalue weighted by Gasteiger charge is -2.29. The Labute approximate surface area is 200 Å². The molecule has 34 heavy (non-hydrogen) atoms. The predicted molar refractivity (Wildman–Crippen MR) is 126 cm³/mol. The van der Waals surface area contributed by atoms with Gasteiger partial charge in [-0.1, -0.05) is 33.1 Å². The van der Waals surface area contributed by atoms with Crippen molar-refractivity contribution in [2.24, 2.45) is 5.92 Å². The summed E-state index contributed by atoms with van der Waals surface area (Å²) in [6, 6.07) is 5.55. The number of nitrogens with zero attached hydrogens (tertiary/aromatic N) is 1. The van der Waals surface area contributed by atoms with Crippen LogP contribution >= 0.6 is 0 Å². The van der Waals surface area contributed by atoms with E-state index in [-0.39, 0.29) is 40.6 Å². The van der Waals surface area contributed by atoms with Crippen LogP contribution in [0.25, 0.3) is 0 Å². The fourth-order valence-corrected chi connectivity index (χ4v) is 5.12. The second-order valence-corrected chi connectivity index (χ2v) is 10.8. The van der Waals surface area contributed by atoms with E-state index in [0.29, 0.717) is 12.1 Å². The van der Waals surface area contributed by atoms with Gasteiger partial charge in [-0.25, -0.2) is 17.9 Å². The van der Waals surface area contributed by atoms with Crippen LogP contribution in [0.2, 0.25) is 0 Å². The SMILES string of the molecule is CC(C)CN1CC(C(=O)NS(=O)(=O)c2ccc(C(=O)NC3CCCCC3)cc2)=CC=C1C(=O)O. The molecule has 184 valence electrons. The molecule has 0 atom stereocenters. The first-order chi connectivity index (χ1) is 16.1. The van der Waals surface area contributed by atoms with Crippen LogP contribution in [0.4, 0.5) is 0 Å². The lowest BCUT2D eigenvalue weighted by molar-refractivity contribution is -0.134. The summed E-state index contributed by atoms with van der Waals surface area (Å²) in [4.78, 5) is 38.0. The van der Waals surface area contributed by atoms with Crippen molar-refractivity contribution in [2.75, 3.05) is 13.1 Å². The van der Waals surface area contributed by atoms with Crippen LogP contribution in [-0.2, 0) is 19.6 Å². The van der Waals surface area contributed by atoms with E-state index in [2.05, 4.69) is 5.32 Å². The standard InChI is InChI=1S/C24H31N3O6S/c1-16(2)14-27-15-18(10-13-21(27)24(30)31)23(29)26-34(32,33)20-11-8-17(9-12-20)22(28)25-19-6-4-3-5-7-19/h8-13,16,19H,3-7,14-15H2,1-2H3,(H,25,28)(H,26,29)(H,30,31). The summed E-state index contributed by atoms with van der Waals surface area (Å²) >= 11 is 0. The molecule has 1 heterocycles. The molecule has 2 aliphatic rings. The largest absolute Gasteiger partial charge is 0.477 e. The number of carboxylic acid groups (broad SMARTS) is 1. The van der Waals surface area contributed by atoms with E-state index in [0.717, 1.165) is 25.7 Å². The summed E-state index contributed by atoms with van der Waals surface area (Å²) in [5.74, 6) is -2.05. The average molecular weight is 490 g/mol. The topological polar surface area (TPSA) is 133 Å². The van der Waals surface area contributed by atoms with Gasteiger partial charge in [0.25, 0.3) is 21.8 Å². The Balaban J connectivity index is 1.67. The molecular weight excluding hydrogens is 458 g/mol. The molecule has 1 aliphatic carbocycles. The molecule has 3 rings (SSSR count). The van der Waals surface area contributed by atoms with Crippen molar-refractivity contribution in [3.05, 3.63) is 53.3 Å². The normalized spacial score (nSPS) is 17.1. The number of hydrogen-bond donors (Lipinski definition) is 3. The van der Waals surface area contributed by atoms with E-state index < -0.39 is 21.9 Å². The van der Waals surface area contributed by atoms with Gasteiger partial charge in [-0.05, 0) is 55.2 Å². The van der Waals surface area contributed by atoms with Crippen molar-refractivity contribution in [3.8, 4) is 0 Å². The van der Waals surface area contributed by atoms with Crippen molar-refractivity contribution >= 4 is 27.8 Å². The van der Waals surface area contributed by atoms with Crippen molar-refractivity contribution in [1.29, 1.82) is 0 Å². The van der Waals surface area contributed by atoms with Crippen molar-refractivity contribution in [2.45, 2.75) is 56.9 Å². The van der Waals surface area contributed by atoms with E-state index in [1.54, 1.807) is 0 Å². The molecule has 1 saturated carbocycles. The highest BCUT2D eigenvalue weighted by molar-refractivity contribution is 7.90. The highest BCUT2D eigenvalue weighted by Gasteiger charge is 2.27. The molecule has 3 N–H and O–H groups in total. The molecule has 0 spiro atoms. The van der Waals surface area contributed by atoms with Crippen LogP contribution in [0, 0.1) is 5.92 Å². The number of benzene rings is 1. The highest BCUT2D eigenvalue weighted by Crippen LogP contribution is 2.20. The number of amides is 2. The van der Waals surface area contributed by atoms with Crippen LogP contribution in [0.1, 0.15) is 56.3 Å². The van der Waals surface area contributed by atoms with Crippen molar-refractivity contribution in [3.63, 3.8) is 0 Å². The third kappa shape index (κ3) is 6.47. The molecule has 0 aromatic heterocycles. The van der Waals surface area contributed by atoms with Crippen molar-refractivity contribution in [1.82, 2.24) is 14.9 Å². The van der Waals surface area contributed by atoms with Crippen LogP contribution in [0.5, 0.6) is 0 Å². The fraction of sp³-hybridized carbons (Fsp3) is 0.458. The second kappa shape index (κ2) is 10.9. The third-order valence-electron chi connectivity index (χ3n) is 5.83. The van der Waals surface area contributed by atoms with Gasteiger partial charge in [0.2, 0.25) is 0 Å². The smallest absolute Gasteiger partial charge is 0.352 e. The molecule has 0 bridgehead atoms. The van der Waals surface area contributed by atoms with Gasteiger partial charge in [0, 0.05) is 30.3 Å². The van der Waals surface area contributed by atoms with E-state index >= 15 is 0 Å². The van der Waals surface area contributed by atoms with E-state index in [1.165, 1.54) is 47.7 Å². The maximum atomic E-state index is 12.7. The first-order valence-corrected chi connectivity index (χ1v) is 12.9. The summed E-state index contributed by atoms with van der Waals surface area (Å²) in [7, 11) is -4.18. The summed E-state index contributed by atoms with van der Waals surface area (Å²) in [5, 5.41) is 12.4. The number of aliphatic carboxylic acids is 1. The zero-order chi connectivity index (χ0) is 24.9. The number of carboxylic acids is 1. The van der Waals surface area contributed by atoms with Crippen LogP contribution in [0.15, 0.2) is 52.6 Å². The minimum atomic E-state index is -4.18. The molecule has 9 nitrogen and oxygen atoms in total. The Hall–Kier alpha value is -3.14. The minimum absolute atomic E-state index is 0.0159. The predicted octanol–water partition coefficient (Wildman–Crippen LogP) is 2.42. The lowest BCUT2D eigenvalue weighted by atomic mass is 9.95. The average Bonchev–Trinajstić information content (AvgIpc) is 2.79. The van der Waals surface area contributed by atoms with Gasteiger partial charge >= 0.3 is 5.97 Å². The fourth-order valence-electron chi connectivity index (χ4n) is 4.13. The monoisotopic (exact) mass is 489 g/mol. The van der Waals surface area contributed by atoms with Gasteiger partial charge in [-0.2, -0.15) is 0 Å². The van der Waals surface area contributed by atoms with E-state index in [9.17, 15) is 27.9 Å². The molecular formula is C24H31N3O6S. The van der Waals surface area contributed by atoms with Gasteiger partial charge in [-0.3, -0.25) is 9.59 Å². The number of carbonyl (C=O) groups excluding carboxylic acids is 2. The maximum absolute atomic E-state index is 12.7. The third-order valence-corrected chi connectivity index (χ3v) is 7.18. The zero-order valence-corrected chi connectivity index (χ0v) is 20.2. The van der Waals surface area contributed by atoms with Gasteiger partial charge in [0.1, 0.15) is 5.70 Å². The van der Waals surface area contributed by atoms with Gasteiger partial charge < -0.3 is 15.3 Å². The molecule has 1 fully saturated rings. The maximum Gasteiger partial charge on any atom is 0.352 e. The molecule has 0 unspecified atom stereocenters. The van der Waals surface area contributed by atoms with Crippen LogP contribution in [-0.4, -0.2) is 55.3 Å². The molecule has 2 amide bonds. The Morgan fingerprint density at radius 2 is 1.68 bits per heavy atom. The minimum Gasteiger partial charge on any atom is -0.477 e. The Bertz CT molecular complexity index is 1100. The van der Waals surface area contributed by atoms with Crippen molar-refractivity contribution < 1.29 is 27.9 Å². The highest BCUT2D eigenvalue weighted by atomic mass is 32.2. The molecule has 1 aromatic carbocycles. The summed E-state index contributed by atoms with van der Waals surface area (Å²) < 4.78 is 27.5. The second-order valence-electron chi connectivity index (χ2n) is 9.09. The molecule has 0 saturated heterocycles. The van der Waals surface area contributed by atoms with Gasteiger partial charge in [0.05, 0.1) is 4.90 Å². The Kier molecular flexibility index (Phi) is 8.14. The van der Waals surface area contributed by atoms with E-state index in [1.807, 2.05) is 18.6 Å². The number of sulfonamides is 1. The number of allylic oxidation sites excluding steroid dienone is 2. The number of nitrogens with one attached hydrogen (secondary N) is 2. The zero-order valence-electron chi connectivity index (χ0n) is 19.4. The van der Waals surface area contributed by atoms with E-state index in [4.69, 9.17) is 0 Å². The molecule has 1 aliphatic heterocycles. The molecule has 1 aromatic rings. The quantitative estimate of drug-likeness (QED) is 0.511. The number of rotatable bonds is 8. The summed E-state index contributed by atoms with van der Waals surface area (Å²) in [6.45, 7) is 4.22. The molecule has 0 radical (unpaired) electrons. The number of carbonyl (C=O) groups is 3. The summed E-state index contributed by atoms with van der Waals surface area (Å²) in [5.41, 5.74) is 0.536. The summed E-state index contributed by atoms with van der Waals surface area (Å²) in [6.07, 6.45) is 7.85. The van der Waals surface area contributed by atoms with Crippen LogP contribution < -0.4 is 10.0 Å². The van der Waals surface area contributed by atoms with Gasteiger partial charge in [-0.15, -0.1) is 0 Å². The molecule has 10 heteroatoms. The Morgan fingerprint density at radius 1 is 1.03 bits per heavy atom. The lowest BCUT2D eigenvalue weighted by Crippen LogP contribution is -2.40. The van der Waals surface area contributed by atoms with Crippen LogP contribution in [0.3, 0.4) is 0 Å². The first kappa shape index (κ1) is 25.5.